The second-order valence-electron chi connectivity index (χ2n) is 4.45. The van der Waals surface area contributed by atoms with Crippen molar-refractivity contribution in [2.45, 2.75) is 12.0 Å². The number of carboxylic acid groups (broad SMARTS) is 1. The van der Waals surface area contributed by atoms with Crippen LogP contribution in [-0.2, 0) is 10.3 Å². The number of anilines is 1. The maximum atomic E-state index is 13.9. The van der Waals surface area contributed by atoms with E-state index in [1.807, 2.05) is 5.32 Å². The molecule has 1 aromatic rings. The van der Waals surface area contributed by atoms with Crippen LogP contribution in [0.25, 0.3) is 0 Å². The first-order valence-electron chi connectivity index (χ1n) is 5.85. The Morgan fingerprint density at radius 1 is 1.52 bits per heavy atom. The minimum Gasteiger partial charge on any atom is -0.465 e. The average molecular weight is 303 g/mol. The van der Waals surface area contributed by atoms with Crippen molar-refractivity contribution in [1.82, 2.24) is 5.32 Å². The van der Waals surface area contributed by atoms with Gasteiger partial charge in [-0.05, 0) is 18.2 Å². The summed E-state index contributed by atoms with van der Waals surface area (Å²) in [5.74, 6) is -1.25. The van der Waals surface area contributed by atoms with Crippen molar-refractivity contribution < 1.29 is 27.8 Å². The van der Waals surface area contributed by atoms with Crippen LogP contribution in [0, 0.1) is 5.82 Å². The van der Waals surface area contributed by atoms with E-state index in [4.69, 9.17) is 15.6 Å². The molecule has 1 atom stereocenters. The minimum absolute atomic E-state index is 0.0833. The normalized spacial score (nSPS) is 22.0. The Hall–Kier alpha value is -2.29. The summed E-state index contributed by atoms with van der Waals surface area (Å²) in [6, 6.07) is 3.21. The summed E-state index contributed by atoms with van der Waals surface area (Å²) in [6.45, 7) is -0.874. The standard InChI is InChI=1S/C12H12F3N3O3/c13-8-2-1-6(16)3-7(8)12(10(14)15)5-21-4-9(18-12)17-11(19)20/h1-3,10H,4-5,16H2,(H,17,18)(H,19,20)/t12-/m0/s1. The summed E-state index contributed by atoms with van der Waals surface area (Å²) in [7, 11) is 0. The molecule has 1 aliphatic rings. The highest BCUT2D eigenvalue weighted by Gasteiger charge is 2.46. The fourth-order valence-electron chi connectivity index (χ4n) is 2.04. The van der Waals surface area contributed by atoms with Gasteiger partial charge in [0.25, 0.3) is 6.43 Å². The van der Waals surface area contributed by atoms with Crippen LogP contribution in [0.3, 0.4) is 0 Å². The van der Waals surface area contributed by atoms with Gasteiger partial charge >= 0.3 is 6.09 Å². The van der Waals surface area contributed by atoms with Crippen molar-refractivity contribution in [2.24, 2.45) is 4.99 Å². The third-order valence-corrected chi connectivity index (χ3v) is 2.96. The van der Waals surface area contributed by atoms with Crippen LogP contribution >= 0.6 is 0 Å². The number of aliphatic imine (C=N–C) groups is 1. The quantitative estimate of drug-likeness (QED) is 0.722. The molecule has 0 bridgehead atoms. The van der Waals surface area contributed by atoms with E-state index in [0.717, 1.165) is 12.1 Å². The monoisotopic (exact) mass is 303 g/mol. The first-order chi connectivity index (χ1) is 9.85. The SMILES string of the molecule is Nc1ccc(F)c([C@]2(C(F)F)COCC(NC(=O)O)=N2)c1. The molecule has 1 aromatic carbocycles. The van der Waals surface area contributed by atoms with E-state index in [0.29, 0.717) is 0 Å². The van der Waals surface area contributed by atoms with Gasteiger partial charge in [0.05, 0.1) is 6.61 Å². The molecule has 21 heavy (non-hydrogen) atoms. The molecule has 4 N–H and O–H groups in total. The van der Waals surface area contributed by atoms with Gasteiger partial charge in [-0.15, -0.1) is 0 Å². The predicted octanol–water partition coefficient (Wildman–Crippen LogP) is 1.56. The van der Waals surface area contributed by atoms with E-state index >= 15 is 0 Å². The van der Waals surface area contributed by atoms with Gasteiger partial charge in [0, 0.05) is 11.3 Å². The number of nitrogens with two attached hydrogens (primary N) is 1. The van der Waals surface area contributed by atoms with Crippen LogP contribution in [0.5, 0.6) is 0 Å². The Morgan fingerprint density at radius 3 is 2.86 bits per heavy atom. The Morgan fingerprint density at radius 2 is 2.24 bits per heavy atom. The molecule has 0 saturated heterocycles. The summed E-state index contributed by atoms with van der Waals surface area (Å²) in [5, 5.41) is 10.5. The molecule has 0 radical (unpaired) electrons. The van der Waals surface area contributed by atoms with E-state index in [2.05, 4.69) is 4.99 Å². The summed E-state index contributed by atoms with van der Waals surface area (Å²) in [6.07, 6.45) is -4.59. The lowest BCUT2D eigenvalue weighted by Crippen LogP contribution is -2.47. The van der Waals surface area contributed by atoms with E-state index in [1.54, 1.807) is 0 Å². The lowest BCUT2D eigenvalue weighted by molar-refractivity contribution is -0.0151. The second kappa shape index (κ2) is 5.60. The van der Waals surface area contributed by atoms with Crippen molar-refractivity contribution in [3.05, 3.63) is 29.6 Å². The highest BCUT2D eigenvalue weighted by Crippen LogP contribution is 2.37. The van der Waals surface area contributed by atoms with Gasteiger partial charge in [-0.2, -0.15) is 0 Å². The third-order valence-electron chi connectivity index (χ3n) is 2.96. The van der Waals surface area contributed by atoms with Crippen LogP contribution in [0.15, 0.2) is 23.2 Å². The Labute approximate surface area is 117 Å². The molecule has 0 aliphatic carbocycles. The van der Waals surface area contributed by atoms with Gasteiger partial charge in [-0.3, -0.25) is 5.32 Å². The molecule has 9 heteroatoms. The number of nitrogens with one attached hydrogen (secondary N) is 1. The van der Waals surface area contributed by atoms with Crippen molar-refractivity contribution in [3.8, 4) is 0 Å². The van der Waals surface area contributed by atoms with Crippen molar-refractivity contribution in [3.63, 3.8) is 0 Å². The molecule has 0 spiro atoms. The second-order valence-corrected chi connectivity index (χ2v) is 4.45. The first-order valence-corrected chi connectivity index (χ1v) is 5.85. The zero-order valence-corrected chi connectivity index (χ0v) is 10.6. The molecule has 1 heterocycles. The maximum absolute atomic E-state index is 13.9. The highest BCUT2D eigenvalue weighted by atomic mass is 19.3. The highest BCUT2D eigenvalue weighted by molar-refractivity contribution is 5.96. The smallest absolute Gasteiger partial charge is 0.410 e. The summed E-state index contributed by atoms with van der Waals surface area (Å²) in [5.41, 5.74) is 2.80. The lowest BCUT2D eigenvalue weighted by Gasteiger charge is -2.33. The van der Waals surface area contributed by atoms with Gasteiger partial charge in [-0.25, -0.2) is 23.0 Å². The summed E-state index contributed by atoms with van der Waals surface area (Å²) >= 11 is 0. The molecule has 1 aliphatic heterocycles. The first kappa shape index (κ1) is 15.1. The van der Waals surface area contributed by atoms with Crippen LogP contribution in [-0.4, -0.2) is 36.7 Å². The maximum Gasteiger partial charge on any atom is 0.410 e. The molecular formula is C12H12F3N3O3. The van der Waals surface area contributed by atoms with E-state index in [-0.39, 0.29) is 18.1 Å². The molecule has 2 rings (SSSR count). The fraction of sp³-hybridized carbons (Fsp3) is 0.333. The number of benzene rings is 1. The number of amidine groups is 1. The van der Waals surface area contributed by atoms with Crippen LogP contribution in [0.2, 0.25) is 0 Å². The van der Waals surface area contributed by atoms with Crippen LogP contribution in [0.4, 0.5) is 23.7 Å². The molecule has 6 nitrogen and oxygen atoms in total. The summed E-state index contributed by atoms with van der Waals surface area (Å²) < 4.78 is 45.9. The molecule has 1 amide bonds. The number of ether oxygens (including phenoxy) is 1. The number of carbonyl (C=O) groups is 1. The number of rotatable bonds is 2. The number of hydrogen-bond acceptors (Lipinski definition) is 4. The average Bonchev–Trinajstić information content (AvgIpc) is 2.40. The van der Waals surface area contributed by atoms with Gasteiger partial charge in [0.2, 0.25) is 0 Å². The van der Waals surface area contributed by atoms with Crippen LogP contribution in [0.1, 0.15) is 5.56 Å². The fourth-order valence-corrected chi connectivity index (χ4v) is 2.04. The number of amides is 1. The topological polar surface area (TPSA) is 96.9 Å². The number of halogens is 3. The minimum atomic E-state index is -3.11. The molecule has 0 unspecified atom stereocenters. The number of nitrogen functional groups attached to an aromatic ring is 1. The van der Waals surface area contributed by atoms with Gasteiger partial charge in [-0.1, -0.05) is 0 Å². The van der Waals surface area contributed by atoms with Crippen molar-refractivity contribution in [1.29, 1.82) is 0 Å². The number of alkyl halides is 2. The van der Waals surface area contributed by atoms with Gasteiger partial charge in [0.1, 0.15) is 18.3 Å². The Bertz CT molecular complexity index is 594. The molecule has 0 fully saturated rings. The Kier molecular flexibility index (Phi) is 4.03. The predicted molar refractivity (Wildman–Crippen MR) is 67.9 cm³/mol. The van der Waals surface area contributed by atoms with E-state index < -0.39 is 36.0 Å². The van der Waals surface area contributed by atoms with Gasteiger partial charge in [0.15, 0.2) is 5.54 Å². The molecular weight excluding hydrogens is 291 g/mol. The lowest BCUT2D eigenvalue weighted by atomic mass is 9.90. The van der Waals surface area contributed by atoms with Crippen molar-refractivity contribution in [2.75, 3.05) is 18.9 Å². The van der Waals surface area contributed by atoms with Gasteiger partial charge < -0.3 is 15.6 Å². The molecule has 114 valence electrons. The Balaban J connectivity index is 2.55. The molecule has 0 saturated carbocycles. The third kappa shape index (κ3) is 2.92. The van der Waals surface area contributed by atoms with Crippen molar-refractivity contribution >= 4 is 17.6 Å². The number of hydrogen-bond donors (Lipinski definition) is 3. The van der Waals surface area contributed by atoms with E-state index in [9.17, 15) is 18.0 Å². The summed E-state index contributed by atoms with van der Waals surface area (Å²) in [4.78, 5) is 14.3. The van der Waals surface area contributed by atoms with Crippen LogP contribution < -0.4 is 11.1 Å². The zero-order chi connectivity index (χ0) is 15.6. The number of nitrogens with zero attached hydrogens (tertiary/aromatic N) is 1. The largest absolute Gasteiger partial charge is 0.465 e. The van der Waals surface area contributed by atoms with E-state index in [1.165, 1.54) is 6.07 Å². The zero-order valence-electron chi connectivity index (χ0n) is 10.6. The molecule has 0 aromatic heterocycles.